The zero-order valence-corrected chi connectivity index (χ0v) is 15.9. The molecule has 0 aliphatic heterocycles. The van der Waals surface area contributed by atoms with Crippen molar-refractivity contribution in [2.24, 2.45) is 0 Å². The molecule has 29 heavy (non-hydrogen) atoms. The van der Waals surface area contributed by atoms with Crippen LogP contribution in [-0.4, -0.2) is 44.7 Å². The van der Waals surface area contributed by atoms with E-state index in [9.17, 15) is 9.59 Å². The van der Waals surface area contributed by atoms with E-state index in [-0.39, 0.29) is 0 Å². The lowest BCUT2D eigenvalue weighted by Crippen LogP contribution is -2.36. The van der Waals surface area contributed by atoms with Gasteiger partial charge in [-0.1, -0.05) is 12.1 Å². The molecule has 0 saturated heterocycles. The second-order valence-corrected chi connectivity index (χ2v) is 6.28. The minimum Gasteiger partial charge on any atom is -0.370 e. The predicted molar refractivity (Wildman–Crippen MR) is 109 cm³/mol. The normalized spacial score (nSPS) is 10.3. The summed E-state index contributed by atoms with van der Waals surface area (Å²) >= 11 is 0. The third kappa shape index (κ3) is 6.73. The van der Waals surface area contributed by atoms with Crippen LogP contribution in [0.4, 0.5) is 11.6 Å². The summed E-state index contributed by atoms with van der Waals surface area (Å²) in [4.78, 5) is 32.3. The van der Waals surface area contributed by atoms with Crippen molar-refractivity contribution in [1.29, 1.82) is 0 Å². The van der Waals surface area contributed by atoms with Crippen LogP contribution in [0.3, 0.4) is 0 Å². The van der Waals surface area contributed by atoms with E-state index in [0.717, 1.165) is 30.9 Å². The highest BCUT2D eigenvalue weighted by molar-refractivity contribution is 6.39. The maximum Gasteiger partial charge on any atom is 0.314 e. The number of pyridine rings is 2. The fourth-order valence-corrected chi connectivity index (χ4v) is 2.56. The van der Waals surface area contributed by atoms with Crippen molar-refractivity contribution >= 4 is 23.5 Å². The average Bonchev–Trinajstić information content (AvgIpc) is 3.18. The molecule has 0 bridgehead atoms. The molecule has 0 fully saturated rings. The second kappa shape index (κ2) is 10.5. The van der Waals surface area contributed by atoms with Gasteiger partial charge in [-0.15, -0.1) is 0 Å². The standard InChI is InChI=1S/C20H23N7O2/c28-19(24-13-6-5-12-23-17-8-2-4-11-22-17)20(29)25-18-9-14-27(26-18)15-16-7-1-3-10-21-16/h1-4,7-11,14H,5-6,12-13,15H2,(H,22,23)(H,24,28)(H,25,26,29). The van der Waals surface area contributed by atoms with E-state index in [2.05, 4.69) is 31.0 Å². The Morgan fingerprint density at radius 3 is 2.41 bits per heavy atom. The molecular formula is C20H23N7O2. The van der Waals surface area contributed by atoms with Gasteiger partial charge >= 0.3 is 11.8 Å². The predicted octanol–water partition coefficient (Wildman–Crippen LogP) is 1.67. The SMILES string of the molecule is O=C(NCCCCNc1ccccn1)C(=O)Nc1ccn(Cc2ccccn2)n1. The summed E-state index contributed by atoms with van der Waals surface area (Å²) in [6.45, 7) is 1.65. The summed E-state index contributed by atoms with van der Waals surface area (Å²) in [5.74, 6) is -0.277. The van der Waals surface area contributed by atoms with E-state index in [1.165, 1.54) is 0 Å². The van der Waals surface area contributed by atoms with Crippen LogP contribution >= 0.6 is 0 Å². The molecule has 3 aromatic heterocycles. The lowest BCUT2D eigenvalue weighted by Gasteiger charge is -2.06. The van der Waals surface area contributed by atoms with E-state index in [1.807, 2.05) is 36.4 Å². The van der Waals surface area contributed by atoms with Crippen molar-refractivity contribution in [1.82, 2.24) is 25.1 Å². The number of anilines is 2. The first kappa shape index (κ1) is 20.0. The Balaban J connectivity index is 1.32. The Labute approximate surface area is 168 Å². The smallest absolute Gasteiger partial charge is 0.314 e. The summed E-state index contributed by atoms with van der Waals surface area (Å²) in [7, 11) is 0. The van der Waals surface area contributed by atoms with Gasteiger partial charge in [0.05, 0.1) is 12.2 Å². The molecule has 0 unspecified atom stereocenters. The van der Waals surface area contributed by atoms with Crippen molar-refractivity contribution in [3.05, 3.63) is 66.7 Å². The number of nitrogens with one attached hydrogen (secondary N) is 3. The first-order chi connectivity index (χ1) is 14.2. The van der Waals surface area contributed by atoms with Crippen LogP contribution in [0.15, 0.2) is 61.1 Å². The van der Waals surface area contributed by atoms with Crippen molar-refractivity contribution in [2.45, 2.75) is 19.4 Å². The molecule has 9 nitrogen and oxygen atoms in total. The number of amides is 2. The number of carbonyl (C=O) groups excluding carboxylic acids is 2. The number of unbranched alkanes of at least 4 members (excludes halogenated alkanes) is 1. The molecule has 0 spiro atoms. The van der Waals surface area contributed by atoms with Crippen LogP contribution in [0.2, 0.25) is 0 Å². The molecule has 0 saturated carbocycles. The number of nitrogens with zero attached hydrogens (tertiary/aromatic N) is 4. The Morgan fingerprint density at radius 2 is 1.66 bits per heavy atom. The molecule has 0 atom stereocenters. The highest BCUT2D eigenvalue weighted by Crippen LogP contribution is 2.05. The van der Waals surface area contributed by atoms with Crippen molar-refractivity contribution < 1.29 is 9.59 Å². The molecule has 2 amide bonds. The van der Waals surface area contributed by atoms with Crippen LogP contribution in [0.1, 0.15) is 18.5 Å². The fourth-order valence-electron chi connectivity index (χ4n) is 2.56. The van der Waals surface area contributed by atoms with E-state index in [0.29, 0.717) is 18.9 Å². The second-order valence-electron chi connectivity index (χ2n) is 6.28. The molecule has 150 valence electrons. The van der Waals surface area contributed by atoms with Crippen LogP contribution in [0, 0.1) is 0 Å². The van der Waals surface area contributed by atoms with Gasteiger partial charge in [-0.2, -0.15) is 5.10 Å². The third-order valence-corrected chi connectivity index (χ3v) is 4.00. The Bertz CT molecular complexity index is 913. The minimum absolute atomic E-state index is 0.320. The molecular weight excluding hydrogens is 370 g/mol. The number of aromatic nitrogens is 4. The van der Waals surface area contributed by atoms with Gasteiger partial charge in [-0.3, -0.25) is 19.3 Å². The van der Waals surface area contributed by atoms with Gasteiger partial charge in [-0.25, -0.2) is 4.98 Å². The highest BCUT2D eigenvalue weighted by Gasteiger charge is 2.14. The minimum atomic E-state index is -0.736. The summed E-state index contributed by atoms with van der Waals surface area (Å²) < 4.78 is 1.64. The lowest BCUT2D eigenvalue weighted by atomic mass is 10.3. The van der Waals surface area contributed by atoms with Crippen LogP contribution in [0.25, 0.3) is 0 Å². The molecule has 3 rings (SSSR count). The van der Waals surface area contributed by atoms with Crippen LogP contribution in [0.5, 0.6) is 0 Å². The van der Waals surface area contributed by atoms with Gasteiger partial charge in [0.25, 0.3) is 0 Å². The third-order valence-electron chi connectivity index (χ3n) is 4.00. The average molecular weight is 393 g/mol. The van der Waals surface area contributed by atoms with Gasteiger partial charge in [0, 0.05) is 37.7 Å². The largest absolute Gasteiger partial charge is 0.370 e. The van der Waals surface area contributed by atoms with Gasteiger partial charge in [-0.05, 0) is 37.1 Å². The van der Waals surface area contributed by atoms with Gasteiger partial charge in [0.1, 0.15) is 5.82 Å². The summed E-state index contributed by atoms with van der Waals surface area (Å²) in [6, 6.07) is 12.9. The van der Waals surface area contributed by atoms with E-state index >= 15 is 0 Å². The first-order valence-corrected chi connectivity index (χ1v) is 9.38. The number of rotatable bonds is 9. The summed E-state index contributed by atoms with van der Waals surface area (Å²) in [6.07, 6.45) is 6.74. The van der Waals surface area contributed by atoms with E-state index < -0.39 is 11.8 Å². The molecule has 0 aromatic carbocycles. The number of carbonyl (C=O) groups is 2. The summed E-state index contributed by atoms with van der Waals surface area (Å²) in [5, 5.41) is 12.5. The maximum atomic E-state index is 12.0. The zero-order chi connectivity index (χ0) is 20.3. The number of hydrogen-bond donors (Lipinski definition) is 3. The molecule has 0 radical (unpaired) electrons. The first-order valence-electron chi connectivity index (χ1n) is 9.38. The Morgan fingerprint density at radius 1 is 0.862 bits per heavy atom. The molecule has 0 aliphatic carbocycles. The van der Waals surface area contributed by atoms with E-state index in [4.69, 9.17) is 0 Å². The maximum absolute atomic E-state index is 12.0. The quantitative estimate of drug-likeness (QED) is 0.376. The van der Waals surface area contributed by atoms with Crippen molar-refractivity contribution in [3.63, 3.8) is 0 Å². The fraction of sp³-hybridized carbons (Fsp3) is 0.250. The monoisotopic (exact) mass is 393 g/mol. The highest BCUT2D eigenvalue weighted by atomic mass is 16.2. The lowest BCUT2D eigenvalue weighted by molar-refractivity contribution is -0.136. The molecule has 3 heterocycles. The molecule has 9 heteroatoms. The van der Waals surface area contributed by atoms with Gasteiger partial charge in [0.15, 0.2) is 5.82 Å². The molecule has 0 aliphatic rings. The van der Waals surface area contributed by atoms with Gasteiger partial charge < -0.3 is 16.0 Å². The van der Waals surface area contributed by atoms with Gasteiger partial charge in [0.2, 0.25) is 0 Å². The van der Waals surface area contributed by atoms with Crippen LogP contribution < -0.4 is 16.0 Å². The van der Waals surface area contributed by atoms with Crippen molar-refractivity contribution in [3.8, 4) is 0 Å². The topological polar surface area (TPSA) is 114 Å². The van der Waals surface area contributed by atoms with Crippen molar-refractivity contribution in [2.75, 3.05) is 23.7 Å². The Kier molecular flexibility index (Phi) is 7.27. The zero-order valence-electron chi connectivity index (χ0n) is 15.9. The number of hydrogen-bond acceptors (Lipinski definition) is 6. The van der Waals surface area contributed by atoms with E-state index in [1.54, 1.807) is 29.3 Å². The molecule has 3 N–H and O–H groups in total. The summed E-state index contributed by atoms with van der Waals surface area (Å²) in [5.41, 5.74) is 0.851. The Hall–Kier alpha value is -3.75. The van der Waals surface area contributed by atoms with Crippen LogP contribution in [-0.2, 0) is 16.1 Å². The molecule has 3 aromatic rings.